The monoisotopic (exact) mass is 548 g/mol. The minimum Gasteiger partial charge on any atom is -0.488 e. The van der Waals surface area contributed by atoms with Gasteiger partial charge in [-0.2, -0.15) is 5.26 Å². The van der Waals surface area contributed by atoms with Gasteiger partial charge in [0.1, 0.15) is 24.0 Å². The fraction of sp³-hybridized carbons (Fsp3) is 0.0833. The molecule has 1 amide bonds. The van der Waals surface area contributed by atoms with E-state index in [9.17, 15) is 10.1 Å². The number of rotatable bonds is 6. The lowest BCUT2D eigenvalue weighted by Crippen LogP contribution is -2.14. The summed E-state index contributed by atoms with van der Waals surface area (Å²) in [7, 11) is 0. The van der Waals surface area contributed by atoms with Gasteiger partial charge in [0.15, 0.2) is 0 Å². The summed E-state index contributed by atoms with van der Waals surface area (Å²) in [5, 5.41) is 13.7. The highest BCUT2D eigenvalue weighted by Gasteiger charge is 2.13. The van der Waals surface area contributed by atoms with Crippen molar-refractivity contribution in [1.82, 2.24) is 0 Å². The average Bonchev–Trinajstić information content (AvgIpc) is 2.76. The summed E-state index contributed by atoms with van der Waals surface area (Å²) < 4.78 is 6.70. The molecule has 0 atom stereocenters. The van der Waals surface area contributed by atoms with Crippen molar-refractivity contribution >= 4 is 68.4 Å². The van der Waals surface area contributed by atoms with Crippen molar-refractivity contribution in [3.05, 3.63) is 96.4 Å². The Kier molecular flexibility index (Phi) is 8.22. The zero-order chi connectivity index (χ0) is 23.3. The quantitative estimate of drug-likeness (QED) is 0.251. The van der Waals surface area contributed by atoms with E-state index in [2.05, 4.69) is 21.2 Å². The van der Waals surface area contributed by atoms with Gasteiger partial charge >= 0.3 is 0 Å². The molecule has 32 heavy (non-hydrogen) atoms. The number of nitrogens with zero attached hydrogens (tertiary/aromatic N) is 1. The second kappa shape index (κ2) is 10.9. The lowest BCUT2D eigenvalue weighted by molar-refractivity contribution is -0.112. The van der Waals surface area contributed by atoms with Crippen LogP contribution in [0.3, 0.4) is 0 Å². The van der Waals surface area contributed by atoms with Crippen LogP contribution in [0.1, 0.15) is 16.7 Å². The third-order valence-electron chi connectivity index (χ3n) is 4.46. The van der Waals surface area contributed by atoms with Gasteiger partial charge in [-0.1, -0.05) is 62.9 Å². The fourth-order valence-corrected chi connectivity index (χ4v) is 3.65. The first-order valence-corrected chi connectivity index (χ1v) is 11.2. The molecule has 0 aliphatic carbocycles. The molecular weight excluding hydrogens is 535 g/mol. The highest BCUT2D eigenvalue weighted by atomic mass is 79.9. The van der Waals surface area contributed by atoms with E-state index in [0.29, 0.717) is 32.1 Å². The predicted octanol–water partition coefficient (Wildman–Crippen LogP) is 7.84. The molecule has 0 heterocycles. The van der Waals surface area contributed by atoms with Gasteiger partial charge in [-0.15, -0.1) is 0 Å². The molecule has 0 spiro atoms. The fourth-order valence-electron chi connectivity index (χ4n) is 2.78. The second-order valence-electron chi connectivity index (χ2n) is 6.80. The lowest BCUT2D eigenvalue weighted by atomic mass is 10.1. The number of aryl methyl sites for hydroxylation is 1. The first-order chi connectivity index (χ1) is 15.3. The second-order valence-corrected chi connectivity index (χ2v) is 8.97. The average molecular weight is 551 g/mol. The third-order valence-corrected chi connectivity index (χ3v) is 5.93. The molecule has 0 unspecified atom stereocenters. The summed E-state index contributed by atoms with van der Waals surface area (Å²) in [4.78, 5) is 12.7. The Bertz CT molecular complexity index is 1250. The Morgan fingerprint density at radius 2 is 1.88 bits per heavy atom. The van der Waals surface area contributed by atoms with Crippen molar-refractivity contribution in [1.29, 1.82) is 5.26 Å². The van der Waals surface area contributed by atoms with Crippen LogP contribution in [0.5, 0.6) is 5.75 Å². The van der Waals surface area contributed by atoms with E-state index >= 15 is 0 Å². The van der Waals surface area contributed by atoms with Crippen molar-refractivity contribution in [2.24, 2.45) is 0 Å². The summed E-state index contributed by atoms with van der Waals surface area (Å²) >= 11 is 21.5. The molecule has 1 N–H and O–H groups in total. The molecule has 0 aliphatic heterocycles. The van der Waals surface area contributed by atoms with Gasteiger partial charge < -0.3 is 10.1 Å². The number of carbonyl (C=O) groups excluding carboxylic acids is 1. The maximum Gasteiger partial charge on any atom is 0.266 e. The minimum absolute atomic E-state index is 0.0816. The van der Waals surface area contributed by atoms with E-state index in [0.717, 1.165) is 15.6 Å². The number of nitrogens with one attached hydrogen (secondary N) is 1. The number of benzene rings is 3. The zero-order valence-corrected chi connectivity index (χ0v) is 20.6. The van der Waals surface area contributed by atoms with E-state index in [1.54, 1.807) is 42.5 Å². The Balaban J connectivity index is 1.85. The van der Waals surface area contributed by atoms with Crippen LogP contribution in [0.25, 0.3) is 6.08 Å². The molecule has 162 valence electrons. The number of hydrogen-bond donors (Lipinski definition) is 1. The van der Waals surface area contributed by atoms with Gasteiger partial charge in [-0.3, -0.25) is 4.79 Å². The molecule has 3 aromatic rings. The van der Waals surface area contributed by atoms with Crippen LogP contribution in [-0.4, -0.2) is 5.91 Å². The standard InChI is InChI=1S/C24H16BrCl3N2O2/c1-14-2-5-19(26)11-22(14)30-24(31)17(12-29)9-16-10-18(25)4-7-23(16)32-13-15-3-6-20(27)21(28)8-15/h2-11H,13H2,1H3,(H,30,31)/b17-9+. The minimum atomic E-state index is -0.548. The van der Waals surface area contributed by atoms with Crippen LogP contribution < -0.4 is 10.1 Å². The topological polar surface area (TPSA) is 62.1 Å². The zero-order valence-electron chi connectivity index (χ0n) is 16.8. The van der Waals surface area contributed by atoms with E-state index < -0.39 is 5.91 Å². The van der Waals surface area contributed by atoms with Crippen molar-refractivity contribution in [3.8, 4) is 11.8 Å². The van der Waals surface area contributed by atoms with E-state index in [-0.39, 0.29) is 12.2 Å². The molecule has 0 saturated heterocycles. The largest absolute Gasteiger partial charge is 0.488 e. The third kappa shape index (κ3) is 6.27. The molecule has 0 fully saturated rings. The molecule has 0 saturated carbocycles. The van der Waals surface area contributed by atoms with Crippen LogP contribution in [0, 0.1) is 18.3 Å². The molecule has 0 bridgehead atoms. The van der Waals surface area contributed by atoms with E-state index in [4.69, 9.17) is 39.5 Å². The summed E-state index contributed by atoms with van der Waals surface area (Å²) in [6.07, 6.45) is 1.48. The maximum atomic E-state index is 12.7. The van der Waals surface area contributed by atoms with Gasteiger partial charge in [0.25, 0.3) is 5.91 Å². The molecular formula is C24H16BrCl3N2O2. The number of halogens is 4. The van der Waals surface area contributed by atoms with Gasteiger partial charge in [0.2, 0.25) is 0 Å². The molecule has 4 nitrogen and oxygen atoms in total. The van der Waals surface area contributed by atoms with Crippen molar-refractivity contribution < 1.29 is 9.53 Å². The van der Waals surface area contributed by atoms with E-state index in [1.807, 2.05) is 25.1 Å². The molecule has 3 rings (SSSR count). The van der Waals surface area contributed by atoms with Gasteiger partial charge in [-0.05, 0) is 66.6 Å². The summed E-state index contributed by atoms with van der Waals surface area (Å²) in [6, 6.07) is 17.7. The van der Waals surface area contributed by atoms with Crippen molar-refractivity contribution in [3.63, 3.8) is 0 Å². The Hall–Kier alpha value is -2.49. The van der Waals surface area contributed by atoms with Gasteiger partial charge in [0.05, 0.1) is 10.0 Å². The molecule has 3 aromatic carbocycles. The highest BCUT2D eigenvalue weighted by Crippen LogP contribution is 2.28. The van der Waals surface area contributed by atoms with Gasteiger partial charge in [0, 0.05) is 20.7 Å². The van der Waals surface area contributed by atoms with Crippen molar-refractivity contribution in [2.45, 2.75) is 13.5 Å². The summed E-state index contributed by atoms with van der Waals surface area (Å²) in [6.45, 7) is 2.07. The normalized spacial score (nSPS) is 11.1. The molecule has 0 aromatic heterocycles. The SMILES string of the molecule is Cc1ccc(Cl)cc1NC(=O)/C(C#N)=C/c1cc(Br)ccc1OCc1ccc(Cl)c(Cl)c1. The maximum absolute atomic E-state index is 12.7. The van der Waals surface area contributed by atoms with Crippen LogP contribution in [-0.2, 0) is 11.4 Å². The van der Waals surface area contributed by atoms with Crippen LogP contribution in [0.15, 0.2) is 64.6 Å². The van der Waals surface area contributed by atoms with Crippen LogP contribution in [0.2, 0.25) is 15.1 Å². The number of hydrogen-bond acceptors (Lipinski definition) is 3. The van der Waals surface area contributed by atoms with E-state index in [1.165, 1.54) is 6.08 Å². The number of nitriles is 1. The van der Waals surface area contributed by atoms with Crippen LogP contribution in [0.4, 0.5) is 5.69 Å². The Morgan fingerprint density at radius 3 is 2.59 bits per heavy atom. The first-order valence-electron chi connectivity index (χ1n) is 9.32. The first kappa shape index (κ1) is 24.2. The van der Waals surface area contributed by atoms with Gasteiger partial charge in [-0.25, -0.2) is 0 Å². The Labute approximate surface area is 209 Å². The van der Waals surface area contributed by atoms with Crippen molar-refractivity contribution in [2.75, 3.05) is 5.32 Å². The highest BCUT2D eigenvalue weighted by molar-refractivity contribution is 9.10. The summed E-state index contributed by atoms with van der Waals surface area (Å²) in [5.74, 6) is -0.0490. The molecule has 0 aliphatic rings. The lowest BCUT2D eigenvalue weighted by Gasteiger charge is -2.12. The molecule has 8 heteroatoms. The predicted molar refractivity (Wildman–Crippen MR) is 133 cm³/mol. The number of ether oxygens (including phenoxy) is 1. The Morgan fingerprint density at radius 1 is 1.09 bits per heavy atom. The molecule has 0 radical (unpaired) electrons. The van der Waals surface area contributed by atoms with Crippen LogP contribution >= 0.6 is 50.7 Å². The number of amides is 1. The number of anilines is 1. The number of carbonyl (C=O) groups is 1. The summed E-state index contributed by atoms with van der Waals surface area (Å²) in [5.41, 5.74) is 2.67. The smallest absolute Gasteiger partial charge is 0.266 e.